The van der Waals surface area contributed by atoms with Crippen molar-refractivity contribution in [2.45, 2.75) is 76.0 Å². The molecule has 31 heteroatoms. The molecule has 1 aliphatic rings. The fourth-order valence-electron chi connectivity index (χ4n) is 4.97. The number of aliphatic carboxylic acids is 1. The van der Waals surface area contributed by atoms with Gasteiger partial charge in [-0.2, -0.15) is 0 Å². The highest BCUT2D eigenvalue weighted by Crippen LogP contribution is 2.56. The highest BCUT2D eigenvalue weighted by molar-refractivity contribution is 7.59. The Balaban J connectivity index is 1.49. The summed E-state index contributed by atoms with van der Waals surface area (Å²) in [7, 11) is -17.7. The second-order valence-electron chi connectivity index (χ2n) is 13.0. The molecular formula is C26H38N7O21P3-4. The average Bonchev–Trinajstić information content (AvgIpc) is 3.61. The number of imidazole rings is 1. The molecule has 0 bridgehead atoms. The van der Waals surface area contributed by atoms with Crippen LogP contribution in [0, 0.1) is 5.41 Å². The first-order valence-corrected chi connectivity index (χ1v) is 20.5. The zero-order chi connectivity index (χ0) is 43.1. The van der Waals surface area contributed by atoms with E-state index in [-0.39, 0.29) is 42.9 Å². The number of ketones is 1. The van der Waals surface area contributed by atoms with Gasteiger partial charge in [-0.15, -0.1) is 0 Å². The minimum Gasteiger partial charge on any atom is -0.790 e. The van der Waals surface area contributed by atoms with Crippen LogP contribution in [0.3, 0.4) is 0 Å². The topological polar surface area (TPSA) is 453 Å². The highest BCUT2D eigenvalue weighted by Gasteiger charge is 2.47. The number of hydrogen-bond acceptors (Lipinski definition) is 24. The fraction of sp³-hybridized carbons (Fsp3) is 0.654. The maximum absolute atomic E-state index is 12.5. The van der Waals surface area contributed by atoms with Gasteiger partial charge in [0.05, 0.1) is 40.2 Å². The molecule has 57 heavy (non-hydrogen) atoms. The number of aliphatic hydroxyl groups excluding tert-OH is 2. The molecule has 322 valence electrons. The monoisotopic (exact) mass is 877 g/mol. The van der Waals surface area contributed by atoms with Gasteiger partial charge in [0.15, 0.2) is 23.5 Å². The van der Waals surface area contributed by atoms with Gasteiger partial charge in [-0.05, 0) is 0 Å². The Bertz CT molecular complexity index is 1920. The summed E-state index contributed by atoms with van der Waals surface area (Å²) in [5, 5.41) is 53.3. The first kappa shape index (κ1) is 48.0. The molecule has 0 saturated carbocycles. The van der Waals surface area contributed by atoms with Gasteiger partial charge in [0.25, 0.3) is 15.6 Å². The van der Waals surface area contributed by atoms with Gasteiger partial charge in [0.2, 0.25) is 11.8 Å². The number of phosphoric ester groups is 3. The lowest BCUT2D eigenvalue weighted by Crippen LogP contribution is -2.46. The van der Waals surface area contributed by atoms with Crippen LogP contribution in [0.15, 0.2) is 12.7 Å². The summed E-state index contributed by atoms with van der Waals surface area (Å²) in [6.45, 7) is -0.754. The van der Waals surface area contributed by atoms with Crippen molar-refractivity contribution in [3.63, 3.8) is 0 Å². The van der Waals surface area contributed by atoms with E-state index in [9.17, 15) is 72.9 Å². The van der Waals surface area contributed by atoms with E-state index in [0.717, 1.165) is 31.1 Å². The van der Waals surface area contributed by atoms with Gasteiger partial charge in [-0.1, -0.05) is 13.8 Å². The van der Waals surface area contributed by atoms with Crippen LogP contribution in [0.5, 0.6) is 0 Å². The quantitative estimate of drug-likeness (QED) is 0.0381. The van der Waals surface area contributed by atoms with Crippen molar-refractivity contribution in [2.24, 2.45) is 5.41 Å². The number of nitrogens with zero attached hydrogens (tertiary/aromatic N) is 4. The van der Waals surface area contributed by atoms with Crippen LogP contribution in [-0.2, 0) is 55.5 Å². The van der Waals surface area contributed by atoms with E-state index in [4.69, 9.17) is 15.6 Å². The minimum atomic E-state index is -5.96. The summed E-state index contributed by atoms with van der Waals surface area (Å²) in [5.74, 6) is -7.00. The number of anilines is 1. The molecule has 0 spiro atoms. The number of carboxylic acids is 1. The van der Waals surface area contributed by atoms with E-state index in [2.05, 4.69) is 43.5 Å². The molecule has 0 aromatic carbocycles. The van der Waals surface area contributed by atoms with Crippen LogP contribution in [0.4, 0.5) is 5.82 Å². The number of nitrogens with one attached hydrogen (secondary N) is 2. The smallest absolute Gasteiger partial charge is 0.308 e. The van der Waals surface area contributed by atoms with Gasteiger partial charge >= 0.3 is 5.97 Å². The number of aliphatic hydroxyl groups is 4. The fourth-order valence-corrected chi connectivity index (χ4v) is 7.70. The van der Waals surface area contributed by atoms with Crippen LogP contribution in [-0.4, -0.2) is 125 Å². The highest BCUT2D eigenvalue weighted by atomic mass is 31.3. The molecule has 2 amide bonds. The summed E-state index contributed by atoms with van der Waals surface area (Å²) in [4.78, 5) is 106. The lowest BCUT2D eigenvalue weighted by molar-refractivity contribution is -0.347. The minimum absolute atomic E-state index is 0.0213. The van der Waals surface area contributed by atoms with E-state index in [1.54, 1.807) is 0 Å². The molecule has 1 aliphatic heterocycles. The predicted molar refractivity (Wildman–Crippen MR) is 174 cm³/mol. The Hall–Kier alpha value is -3.40. The van der Waals surface area contributed by atoms with Crippen molar-refractivity contribution < 1.29 is 101 Å². The summed E-state index contributed by atoms with van der Waals surface area (Å²) in [6, 6.07) is 0. The SMILES string of the molecule is CC(C)(COP(=O)([O-])OP(=O)([O-])OCC1OC(n2cnc3c(N)ncnc32)C(O)C1OP(=O)([O-])[O-])C(O)C(=O)NCCC(=O)NCCC(=O)CC(O)(O)CC(=O)O. The van der Waals surface area contributed by atoms with E-state index in [1.807, 2.05) is 0 Å². The Morgan fingerprint density at radius 3 is 2.26 bits per heavy atom. The standard InChI is InChI=1S/C26H42N7O21P3/c1-25(2,20(39)23(40)29-6-4-15(35)28-5-3-13(34)7-26(41,42)8-16(36)37)10-51-57(48,49)54-56(46,47)50-9-14-19(53-55(43,44)45)18(38)24(52-14)33-12-32-17-21(27)30-11-31-22(17)33/h11-12,14,18-20,24,38-39,41-42H,3-10H2,1-2H3,(H,28,35)(H,29,40)(H,36,37)(H,46,47)(H,48,49)(H2,27,30,31)(H2,43,44,45)/p-4. The van der Waals surface area contributed by atoms with Crippen molar-refractivity contribution >= 4 is 64.0 Å². The zero-order valence-electron chi connectivity index (χ0n) is 29.7. The molecular weight excluding hydrogens is 839 g/mol. The lowest BCUT2D eigenvalue weighted by Gasteiger charge is -2.36. The van der Waals surface area contributed by atoms with Crippen LogP contribution in [0.1, 0.15) is 45.8 Å². The van der Waals surface area contributed by atoms with Crippen LogP contribution in [0.2, 0.25) is 0 Å². The molecule has 2 aromatic heterocycles. The van der Waals surface area contributed by atoms with Gasteiger partial charge < -0.3 is 84.3 Å². The van der Waals surface area contributed by atoms with Crippen LogP contribution >= 0.6 is 23.5 Å². The van der Waals surface area contributed by atoms with Crippen molar-refractivity contribution in [1.82, 2.24) is 30.2 Å². The number of ether oxygens (including phenoxy) is 1. The number of nitrogens with two attached hydrogens (primary N) is 1. The summed E-state index contributed by atoms with van der Waals surface area (Å²) in [6.07, 6.45) is -10.4. The number of rotatable bonds is 23. The molecule has 7 atom stereocenters. The number of hydrogen-bond donors (Lipinski definition) is 8. The normalized spacial score (nSPS) is 21.7. The third kappa shape index (κ3) is 14.7. The van der Waals surface area contributed by atoms with Crippen molar-refractivity contribution in [1.29, 1.82) is 0 Å². The van der Waals surface area contributed by atoms with Gasteiger partial charge in [0, 0.05) is 31.3 Å². The number of nitrogen functional groups attached to an aromatic ring is 1. The van der Waals surface area contributed by atoms with E-state index in [1.165, 1.54) is 0 Å². The lowest BCUT2D eigenvalue weighted by atomic mass is 9.87. The largest absolute Gasteiger partial charge is 0.790 e. The number of carboxylic acid groups (broad SMARTS) is 1. The van der Waals surface area contributed by atoms with Crippen LogP contribution in [0.25, 0.3) is 11.2 Å². The number of fused-ring (bicyclic) bond motifs is 1. The molecule has 0 aliphatic carbocycles. The van der Waals surface area contributed by atoms with Crippen LogP contribution < -0.4 is 35.9 Å². The molecule has 3 heterocycles. The molecule has 9 N–H and O–H groups in total. The third-order valence-corrected chi connectivity index (χ3v) is 10.7. The average molecular weight is 878 g/mol. The molecule has 1 fully saturated rings. The maximum atomic E-state index is 12.5. The molecule has 28 nitrogen and oxygen atoms in total. The second kappa shape index (κ2) is 19.1. The third-order valence-electron chi connectivity index (χ3n) is 7.69. The number of aromatic nitrogens is 4. The van der Waals surface area contributed by atoms with Crippen molar-refractivity contribution in [3.05, 3.63) is 12.7 Å². The van der Waals surface area contributed by atoms with E-state index in [0.29, 0.717) is 0 Å². The molecule has 3 rings (SSSR count). The van der Waals surface area contributed by atoms with Gasteiger partial charge in [-0.3, -0.25) is 32.9 Å². The number of Topliss-reactive ketones (excluding diaryl/α,β-unsaturated/α-hetero) is 1. The van der Waals surface area contributed by atoms with Crippen molar-refractivity contribution in [3.8, 4) is 0 Å². The molecule has 7 unspecified atom stereocenters. The first-order valence-electron chi connectivity index (χ1n) is 16.1. The van der Waals surface area contributed by atoms with Gasteiger partial charge in [-0.25, -0.2) is 19.3 Å². The zero-order valence-corrected chi connectivity index (χ0v) is 32.4. The first-order chi connectivity index (χ1) is 26.1. The van der Waals surface area contributed by atoms with Gasteiger partial charge in [0.1, 0.15) is 42.0 Å². The summed E-state index contributed by atoms with van der Waals surface area (Å²) >= 11 is 0. The summed E-state index contributed by atoms with van der Waals surface area (Å²) in [5.41, 5.74) is 3.93. The Labute approximate surface area is 320 Å². The number of carbonyl (C=O) groups excluding carboxylic acids is 3. The van der Waals surface area contributed by atoms with Crippen molar-refractivity contribution in [2.75, 3.05) is 32.0 Å². The number of phosphoric acid groups is 3. The Morgan fingerprint density at radius 1 is 1.00 bits per heavy atom. The predicted octanol–water partition coefficient (Wildman–Crippen LogP) is -5.62. The second-order valence-corrected chi connectivity index (χ2v) is 17.1. The molecule has 2 aromatic rings. The Morgan fingerprint density at radius 2 is 1.63 bits per heavy atom. The molecule has 1 saturated heterocycles. The molecule has 0 radical (unpaired) electrons. The maximum Gasteiger partial charge on any atom is 0.308 e. The Kier molecular flexibility index (Phi) is 16.1. The van der Waals surface area contributed by atoms with E-state index < -0.39 is 115 Å². The summed E-state index contributed by atoms with van der Waals surface area (Å²) < 4.78 is 60.2. The number of amides is 2. The van der Waals surface area contributed by atoms with E-state index >= 15 is 0 Å². The number of carbonyl (C=O) groups is 4.